The summed E-state index contributed by atoms with van der Waals surface area (Å²) in [5, 5.41) is 0. The summed E-state index contributed by atoms with van der Waals surface area (Å²) in [5.74, 6) is 5.95. The van der Waals surface area contributed by atoms with Crippen LogP contribution in [0.1, 0.15) is 23.6 Å². The van der Waals surface area contributed by atoms with Crippen molar-refractivity contribution in [3.8, 4) is 11.8 Å². The van der Waals surface area contributed by atoms with Crippen molar-refractivity contribution in [2.24, 2.45) is 5.73 Å². The zero-order valence-corrected chi connectivity index (χ0v) is 12.2. The van der Waals surface area contributed by atoms with Gasteiger partial charge in [0, 0.05) is 24.6 Å². The van der Waals surface area contributed by atoms with E-state index in [9.17, 15) is 0 Å². The lowest BCUT2D eigenvalue weighted by Crippen LogP contribution is -2.35. The van der Waals surface area contributed by atoms with E-state index >= 15 is 0 Å². The van der Waals surface area contributed by atoms with Gasteiger partial charge in [-0.15, -0.1) is 11.3 Å². The predicted octanol–water partition coefficient (Wildman–Crippen LogP) is 1.92. The Kier molecular flexibility index (Phi) is 6.99. The maximum absolute atomic E-state index is 5.37. The van der Waals surface area contributed by atoms with Crippen LogP contribution in [0, 0.1) is 11.8 Å². The highest BCUT2D eigenvalue weighted by atomic mass is 32.1. The van der Waals surface area contributed by atoms with Gasteiger partial charge in [0.25, 0.3) is 0 Å². The summed E-state index contributed by atoms with van der Waals surface area (Å²) in [6.45, 7) is 7.52. The van der Waals surface area contributed by atoms with Crippen LogP contribution in [0.2, 0.25) is 0 Å². The molecule has 4 heteroatoms. The van der Waals surface area contributed by atoms with Crippen LogP contribution < -0.4 is 5.73 Å². The molecule has 2 N–H and O–H groups in total. The smallest absolute Gasteiger partial charge is 0.0772 e. The highest BCUT2D eigenvalue weighted by Gasteiger charge is 2.13. The van der Waals surface area contributed by atoms with Crippen molar-refractivity contribution in [3.63, 3.8) is 0 Å². The molecule has 100 valence electrons. The monoisotopic (exact) mass is 266 g/mol. The maximum Gasteiger partial charge on any atom is 0.0772 e. The summed E-state index contributed by atoms with van der Waals surface area (Å²) < 4.78 is 5.21. The summed E-state index contributed by atoms with van der Waals surface area (Å²) in [6, 6.07) is 4.64. The molecule has 0 spiro atoms. The second-order valence-electron chi connectivity index (χ2n) is 4.14. The molecule has 0 aromatic carbocycles. The molecule has 18 heavy (non-hydrogen) atoms. The van der Waals surface area contributed by atoms with Crippen LogP contribution in [0.3, 0.4) is 0 Å². The van der Waals surface area contributed by atoms with Gasteiger partial charge in [0.05, 0.1) is 18.0 Å². The highest BCUT2D eigenvalue weighted by Crippen LogP contribution is 2.18. The number of nitrogens with two attached hydrogens (primary N) is 1. The highest BCUT2D eigenvalue weighted by molar-refractivity contribution is 7.12. The Hall–Kier alpha value is -0.860. The van der Waals surface area contributed by atoms with E-state index in [-0.39, 0.29) is 0 Å². The molecule has 0 amide bonds. The number of likely N-dealkylation sites (N-methyl/N-ethyl adjacent to an activating group) is 1. The van der Waals surface area contributed by atoms with Gasteiger partial charge in [0.1, 0.15) is 0 Å². The first-order chi connectivity index (χ1) is 8.71. The van der Waals surface area contributed by atoms with Crippen molar-refractivity contribution in [1.82, 2.24) is 4.90 Å². The molecule has 0 radical (unpaired) electrons. The Morgan fingerprint density at radius 3 is 2.89 bits per heavy atom. The molecule has 1 aromatic rings. The van der Waals surface area contributed by atoms with Crippen molar-refractivity contribution >= 4 is 11.3 Å². The van der Waals surface area contributed by atoms with Gasteiger partial charge in [-0.05, 0) is 25.6 Å². The van der Waals surface area contributed by atoms with Crippen LogP contribution in [-0.4, -0.2) is 37.7 Å². The van der Waals surface area contributed by atoms with E-state index < -0.39 is 0 Å². The molecule has 1 aromatic heterocycles. The number of hydrogen-bond donors (Lipinski definition) is 1. The lowest BCUT2D eigenvalue weighted by molar-refractivity contribution is 0.0988. The first kappa shape index (κ1) is 15.2. The van der Waals surface area contributed by atoms with E-state index in [4.69, 9.17) is 10.5 Å². The fraction of sp³-hybridized carbons (Fsp3) is 0.571. The first-order valence-corrected chi connectivity index (χ1v) is 7.03. The Morgan fingerprint density at radius 2 is 2.28 bits per heavy atom. The van der Waals surface area contributed by atoms with Gasteiger partial charge in [-0.1, -0.05) is 18.8 Å². The summed E-state index contributed by atoms with van der Waals surface area (Å²) in [6.07, 6.45) is 0. The third-order valence-corrected chi connectivity index (χ3v) is 3.76. The number of methoxy groups -OCH3 is 1. The van der Waals surface area contributed by atoms with Gasteiger partial charge in [0.15, 0.2) is 0 Å². The van der Waals surface area contributed by atoms with Crippen molar-refractivity contribution in [1.29, 1.82) is 0 Å². The number of rotatable bonds is 6. The van der Waals surface area contributed by atoms with E-state index in [1.807, 2.05) is 0 Å². The third kappa shape index (κ3) is 4.79. The predicted molar refractivity (Wildman–Crippen MR) is 77.7 cm³/mol. The van der Waals surface area contributed by atoms with Gasteiger partial charge >= 0.3 is 0 Å². The summed E-state index contributed by atoms with van der Waals surface area (Å²) in [7, 11) is 1.75. The lowest BCUT2D eigenvalue weighted by atomic mass is 10.3. The van der Waals surface area contributed by atoms with Gasteiger partial charge in [-0.25, -0.2) is 0 Å². The molecule has 1 rings (SSSR count). The fourth-order valence-electron chi connectivity index (χ4n) is 1.79. The van der Waals surface area contributed by atoms with E-state index in [1.54, 1.807) is 18.4 Å². The number of hydrogen-bond acceptors (Lipinski definition) is 4. The molecule has 3 nitrogen and oxygen atoms in total. The lowest BCUT2D eigenvalue weighted by Gasteiger charge is -2.26. The van der Waals surface area contributed by atoms with E-state index in [0.717, 1.165) is 24.6 Å². The molecule has 0 aliphatic heterocycles. The maximum atomic E-state index is 5.37. The molecule has 0 bridgehead atoms. The molecule has 0 fully saturated rings. The largest absolute Gasteiger partial charge is 0.383 e. The van der Waals surface area contributed by atoms with Crippen LogP contribution >= 0.6 is 11.3 Å². The van der Waals surface area contributed by atoms with E-state index in [1.165, 1.54) is 4.88 Å². The normalized spacial score (nSPS) is 12.3. The molecule has 1 heterocycles. The Bertz CT molecular complexity index is 405. The number of nitrogens with zero attached hydrogens (tertiary/aromatic N) is 1. The summed E-state index contributed by atoms with van der Waals surface area (Å²) in [5.41, 5.74) is 5.37. The SMILES string of the molecule is CCN(Cc1ccc(C#CCN)s1)C(C)COC. The van der Waals surface area contributed by atoms with Gasteiger partial charge < -0.3 is 10.5 Å². The molecular weight excluding hydrogens is 244 g/mol. The molecule has 0 aliphatic carbocycles. The number of thiophene rings is 1. The van der Waals surface area contributed by atoms with Gasteiger partial charge in [-0.3, -0.25) is 4.90 Å². The Morgan fingerprint density at radius 1 is 1.50 bits per heavy atom. The zero-order chi connectivity index (χ0) is 13.4. The molecule has 0 saturated carbocycles. The minimum Gasteiger partial charge on any atom is -0.383 e. The fourth-order valence-corrected chi connectivity index (χ4v) is 2.70. The molecular formula is C14H22N2OS. The quantitative estimate of drug-likeness (QED) is 0.799. The molecule has 0 aliphatic rings. The minimum atomic E-state index is 0.416. The van der Waals surface area contributed by atoms with E-state index in [2.05, 4.69) is 42.7 Å². The van der Waals surface area contributed by atoms with E-state index in [0.29, 0.717) is 12.6 Å². The summed E-state index contributed by atoms with van der Waals surface area (Å²) >= 11 is 1.74. The second-order valence-corrected chi connectivity index (χ2v) is 5.31. The molecule has 1 atom stereocenters. The number of ether oxygens (including phenoxy) is 1. The standard InChI is InChI=1S/C14H22N2OS/c1-4-16(12(2)11-17-3)10-14-8-7-13(18-14)6-5-9-15/h7-8,12H,4,9-11,15H2,1-3H3. The van der Waals surface area contributed by atoms with Gasteiger partial charge in [0.2, 0.25) is 0 Å². The second kappa shape index (κ2) is 8.28. The van der Waals surface area contributed by atoms with Crippen molar-refractivity contribution < 1.29 is 4.74 Å². The van der Waals surface area contributed by atoms with Crippen LogP contribution in [0.4, 0.5) is 0 Å². The van der Waals surface area contributed by atoms with Crippen LogP contribution in [0.5, 0.6) is 0 Å². The Balaban J connectivity index is 2.61. The third-order valence-electron chi connectivity index (χ3n) is 2.77. The average Bonchev–Trinajstić information content (AvgIpc) is 2.81. The zero-order valence-electron chi connectivity index (χ0n) is 11.4. The molecule has 1 unspecified atom stereocenters. The van der Waals surface area contributed by atoms with Crippen molar-refractivity contribution in [2.75, 3.05) is 26.8 Å². The van der Waals surface area contributed by atoms with Gasteiger partial charge in [-0.2, -0.15) is 0 Å². The molecule has 0 saturated heterocycles. The van der Waals surface area contributed by atoms with Crippen LogP contribution in [0.15, 0.2) is 12.1 Å². The minimum absolute atomic E-state index is 0.416. The topological polar surface area (TPSA) is 38.5 Å². The van der Waals surface area contributed by atoms with Crippen molar-refractivity contribution in [2.45, 2.75) is 26.4 Å². The Labute approximate surface area is 114 Å². The summed E-state index contributed by atoms with van der Waals surface area (Å²) in [4.78, 5) is 4.82. The average molecular weight is 266 g/mol. The van der Waals surface area contributed by atoms with Crippen LogP contribution in [0.25, 0.3) is 0 Å². The van der Waals surface area contributed by atoms with Crippen molar-refractivity contribution in [3.05, 3.63) is 21.9 Å². The first-order valence-electron chi connectivity index (χ1n) is 6.21. The van der Waals surface area contributed by atoms with Crippen LogP contribution in [-0.2, 0) is 11.3 Å².